The Kier molecular flexibility index (Phi) is 1.99. The average Bonchev–Trinajstić information content (AvgIpc) is 2.24. The van der Waals surface area contributed by atoms with Gasteiger partial charge in [-0.3, -0.25) is 10.1 Å². The predicted molar refractivity (Wildman–Crippen MR) is 41.2 cm³/mol. The summed E-state index contributed by atoms with van der Waals surface area (Å²) in [4.78, 5) is 9.99. The molecule has 6 heteroatoms. The topological polar surface area (TPSA) is 70.2 Å². The first-order valence-electron chi connectivity index (χ1n) is 3.30. The molecular formula is C6H9N3O3. The van der Waals surface area contributed by atoms with E-state index < -0.39 is 4.92 Å². The van der Waals surface area contributed by atoms with Gasteiger partial charge in [-0.25, -0.2) is 4.68 Å². The zero-order chi connectivity index (χ0) is 9.30. The maximum absolute atomic E-state index is 10.5. The van der Waals surface area contributed by atoms with E-state index in [0.717, 1.165) is 0 Å². The molecule has 66 valence electrons. The van der Waals surface area contributed by atoms with E-state index in [1.165, 1.54) is 11.8 Å². The molecule has 1 aromatic rings. The number of aryl methyl sites for hydroxylation is 2. The first-order valence-corrected chi connectivity index (χ1v) is 3.30. The van der Waals surface area contributed by atoms with Gasteiger partial charge in [-0.1, -0.05) is 0 Å². The van der Waals surface area contributed by atoms with Crippen LogP contribution in [0.3, 0.4) is 0 Å². The molecule has 1 rings (SSSR count). The first kappa shape index (κ1) is 8.51. The molecule has 0 atom stereocenters. The van der Waals surface area contributed by atoms with Gasteiger partial charge in [0.15, 0.2) is 0 Å². The second-order valence-corrected chi connectivity index (χ2v) is 2.32. The average molecular weight is 171 g/mol. The minimum absolute atomic E-state index is 0.0694. The van der Waals surface area contributed by atoms with Crippen molar-refractivity contribution in [2.24, 2.45) is 7.05 Å². The second-order valence-electron chi connectivity index (χ2n) is 2.32. The number of rotatable bonds is 2. The number of nitrogens with zero attached hydrogens (tertiary/aromatic N) is 3. The Morgan fingerprint density at radius 3 is 2.58 bits per heavy atom. The molecule has 0 N–H and O–H groups in total. The first-order chi connectivity index (χ1) is 5.57. The lowest BCUT2D eigenvalue weighted by Crippen LogP contribution is -1.97. The van der Waals surface area contributed by atoms with Crippen LogP contribution in [-0.4, -0.2) is 21.8 Å². The molecule has 0 saturated heterocycles. The Morgan fingerprint density at radius 1 is 1.67 bits per heavy atom. The van der Waals surface area contributed by atoms with Crippen molar-refractivity contribution >= 4 is 5.69 Å². The van der Waals surface area contributed by atoms with Crippen LogP contribution in [0.5, 0.6) is 5.88 Å². The summed E-state index contributed by atoms with van der Waals surface area (Å²) in [6.45, 7) is 1.57. The van der Waals surface area contributed by atoms with Gasteiger partial charge < -0.3 is 4.74 Å². The van der Waals surface area contributed by atoms with E-state index in [2.05, 4.69) is 5.10 Å². The molecule has 0 saturated carbocycles. The van der Waals surface area contributed by atoms with Crippen LogP contribution in [0, 0.1) is 17.0 Å². The lowest BCUT2D eigenvalue weighted by Gasteiger charge is -1.96. The second kappa shape index (κ2) is 2.80. The Hall–Kier alpha value is -1.59. The fourth-order valence-corrected chi connectivity index (χ4v) is 1.06. The van der Waals surface area contributed by atoms with E-state index in [1.54, 1.807) is 14.0 Å². The Bertz CT molecular complexity index is 318. The van der Waals surface area contributed by atoms with Gasteiger partial charge in [0, 0.05) is 7.05 Å². The quantitative estimate of drug-likeness (QED) is 0.483. The van der Waals surface area contributed by atoms with E-state index >= 15 is 0 Å². The van der Waals surface area contributed by atoms with Crippen molar-refractivity contribution < 1.29 is 9.66 Å². The highest BCUT2D eigenvalue weighted by Crippen LogP contribution is 2.28. The van der Waals surface area contributed by atoms with E-state index in [0.29, 0.717) is 5.69 Å². The predicted octanol–water partition coefficient (Wildman–Crippen LogP) is 0.645. The summed E-state index contributed by atoms with van der Waals surface area (Å²) in [6, 6.07) is 0. The fourth-order valence-electron chi connectivity index (χ4n) is 1.06. The molecule has 0 amide bonds. The molecule has 0 aliphatic rings. The van der Waals surface area contributed by atoms with Crippen molar-refractivity contribution in [1.29, 1.82) is 0 Å². The van der Waals surface area contributed by atoms with E-state index in [4.69, 9.17) is 4.74 Å². The minimum atomic E-state index is -0.499. The lowest BCUT2D eigenvalue weighted by molar-refractivity contribution is -0.386. The van der Waals surface area contributed by atoms with Gasteiger partial charge in [0.05, 0.1) is 12.0 Å². The van der Waals surface area contributed by atoms with Crippen LogP contribution in [0.1, 0.15) is 5.69 Å². The van der Waals surface area contributed by atoms with Gasteiger partial charge in [0.2, 0.25) is 0 Å². The molecule has 12 heavy (non-hydrogen) atoms. The number of nitro groups is 1. The summed E-state index contributed by atoms with van der Waals surface area (Å²) in [6.07, 6.45) is 0. The summed E-state index contributed by atoms with van der Waals surface area (Å²) in [7, 11) is 2.97. The Labute approximate surface area is 68.9 Å². The molecule has 0 fully saturated rings. The molecule has 0 spiro atoms. The normalized spacial score (nSPS) is 9.92. The molecule has 1 heterocycles. The Morgan fingerprint density at radius 2 is 2.25 bits per heavy atom. The monoisotopic (exact) mass is 171 g/mol. The third kappa shape index (κ3) is 1.11. The van der Waals surface area contributed by atoms with Crippen LogP contribution in [0.2, 0.25) is 0 Å². The van der Waals surface area contributed by atoms with Gasteiger partial charge in [-0.2, -0.15) is 5.10 Å². The van der Waals surface area contributed by atoms with Crippen molar-refractivity contribution in [2.75, 3.05) is 7.11 Å². The highest BCUT2D eigenvalue weighted by Gasteiger charge is 2.24. The Balaban J connectivity index is 3.32. The molecule has 6 nitrogen and oxygen atoms in total. The number of ether oxygens (including phenoxy) is 1. The van der Waals surface area contributed by atoms with E-state index in [9.17, 15) is 10.1 Å². The van der Waals surface area contributed by atoms with Gasteiger partial charge >= 0.3 is 5.69 Å². The molecule has 0 aliphatic heterocycles. The van der Waals surface area contributed by atoms with Crippen molar-refractivity contribution in [1.82, 2.24) is 9.78 Å². The zero-order valence-corrected chi connectivity index (χ0v) is 7.07. The molecule has 0 bridgehead atoms. The molecule has 1 aromatic heterocycles. The van der Waals surface area contributed by atoms with Crippen LogP contribution >= 0.6 is 0 Å². The molecule has 0 aromatic carbocycles. The van der Waals surface area contributed by atoms with Crippen molar-refractivity contribution in [3.8, 4) is 5.88 Å². The van der Waals surface area contributed by atoms with Crippen LogP contribution in [0.25, 0.3) is 0 Å². The van der Waals surface area contributed by atoms with Gasteiger partial charge in [-0.05, 0) is 6.92 Å². The van der Waals surface area contributed by atoms with Gasteiger partial charge in [0.25, 0.3) is 5.88 Å². The number of aromatic nitrogens is 2. The van der Waals surface area contributed by atoms with Gasteiger partial charge in [0.1, 0.15) is 5.69 Å². The zero-order valence-electron chi connectivity index (χ0n) is 7.07. The number of methoxy groups -OCH3 is 1. The lowest BCUT2D eigenvalue weighted by atomic mass is 10.4. The summed E-state index contributed by atoms with van der Waals surface area (Å²) in [5.74, 6) is 0.178. The summed E-state index contributed by atoms with van der Waals surface area (Å²) in [5.41, 5.74) is 0.291. The van der Waals surface area contributed by atoms with Crippen LogP contribution in [0.4, 0.5) is 5.69 Å². The number of hydrogen-bond acceptors (Lipinski definition) is 4. The van der Waals surface area contributed by atoms with Crippen LogP contribution in [0.15, 0.2) is 0 Å². The molecular weight excluding hydrogens is 162 g/mol. The standard InChI is InChI=1S/C6H9N3O3/c1-4-5(9(10)11)6(12-3)8(2)7-4/h1-3H3. The van der Waals surface area contributed by atoms with E-state index in [-0.39, 0.29) is 11.6 Å². The molecule has 0 radical (unpaired) electrons. The van der Waals surface area contributed by atoms with Crippen molar-refractivity contribution in [3.05, 3.63) is 15.8 Å². The van der Waals surface area contributed by atoms with Crippen LogP contribution < -0.4 is 4.74 Å². The SMILES string of the molecule is COc1c([N+](=O)[O-])c(C)nn1C. The highest BCUT2D eigenvalue weighted by atomic mass is 16.6. The summed E-state index contributed by atoms with van der Waals surface area (Å²) in [5, 5.41) is 14.3. The van der Waals surface area contributed by atoms with Crippen molar-refractivity contribution in [2.45, 2.75) is 6.92 Å². The third-order valence-corrected chi connectivity index (χ3v) is 1.52. The summed E-state index contributed by atoms with van der Waals surface area (Å²) >= 11 is 0. The highest BCUT2D eigenvalue weighted by molar-refractivity contribution is 5.45. The smallest absolute Gasteiger partial charge is 0.353 e. The molecule has 0 unspecified atom stereocenters. The van der Waals surface area contributed by atoms with Gasteiger partial charge in [-0.15, -0.1) is 0 Å². The van der Waals surface area contributed by atoms with Crippen LogP contribution in [-0.2, 0) is 7.05 Å². The third-order valence-electron chi connectivity index (χ3n) is 1.52. The maximum atomic E-state index is 10.5. The van der Waals surface area contributed by atoms with Crippen molar-refractivity contribution in [3.63, 3.8) is 0 Å². The largest absolute Gasteiger partial charge is 0.476 e. The van der Waals surface area contributed by atoms with E-state index in [1.807, 2.05) is 0 Å². The minimum Gasteiger partial charge on any atom is -0.476 e. The molecule has 0 aliphatic carbocycles. The number of hydrogen-bond donors (Lipinski definition) is 0. The fraction of sp³-hybridized carbons (Fsp3) is 0.500. The maximum Gasteiger partial charge on any atom is 0.353 e. The summed E-state index contributed by atoms with van der Waals surface area (Å²) < 4.78 is 6.16.